The average Bonchev–Trinajstić information content (AvgIpc) is 3.10. The smallest absolute Gasteiger partial charge is 0.276 e. The molecule has 106 valence electrons. The van der Waals surface area contributed by atoms with Crippen LogP contribution < -0.4 is 5.32 Å². The number of carbonyl (C=O) groups excluding carboxylic acids is 1. The number of amides is 1. The van der Waals surface area contributed by atoms with Gasteiger partial charge >= 0.3 is 0 Å². The maximum Gasteiger partial charge on any atom is 0.276 e. The summed E-state index contributed by atoms with van der Waals surface area (Å²) in [5.74, 6) is 0.437. The van der Waals surface area contributed by atoms with E-state index >= 15 is 0 Å². The van der Waals surface area contributed by atoms with Gasteiger partial charge < -0.3 is 9.73 Å². The molecule has 0 radical (unpaired) electrons. The lowest BCUT2D eigenvalue weighted by atomic mass is 10.2. The Morgan fingerprint density at radius 2 is 2.00 bits per heavy atom. The van der Waals surface area contributed by atoms with Crippen LogP contribution in [0.3, 0.4) is 0 Å². The van der Waals surface area contributed by atoms with Crippen LogP contribution in [0.1, 0.15) is 16.1 Å². The molecule has 1 N–H and O–H groups in total. The van der Waals surface area contributed by atoms with E-state index in [-0.39, 0.29) is 5.91 Å². The van der Waals surface area contributed by atoms with Gasteiger partial charge in [0.15, 0.2) is 11.5 Å². The van der Waals surface area contributed by atoms with Gasteiger partial charge in [0, 0.05) is 18.8 Å². The minimum absolute atomic E-state index is 0.243. The van der Waals surface area contributed by atoms with E-state index in [1.165, 1.54) is 0 Å². The van der Waals surface area contributed by atoms with Crippen molar-refractivity contribution in [1.82, 2.24) is 9.78 Å². The maximum atomic E-state index is 12.2. The van der Waals surface area contributed by atoms with Crippen LogP contribution in [0.2, 0.25) is 0 Å². The minimum Gasteiger partial charge on any atom is -0.463 e. The monoisotopic (exact) mass is 281 g/mol. The fourth-order valence-electron chi connectivity index (χ4n) is 2.07. The fraction of sp³-hybridized carbons (Fsp3) is 0.125. The Hall–Kier alpha value is -2.82. The molecule has 5 heteroatoms. The Labute approximate surface area is 122 Å². The van der Waals surface area contributed by atoms with Gasteiger partial charge in [-0.15, -0.1) is 0 Å². The predicted molar refractivity (Wildman–Crippen MR) is 80.0 cm³/mol. The summed E-state index contributed by atoms with van der Waals surface area (Å²) < 4.78 is 6.96. The summed E-state index contributed by atoms with van der Waals surface area (Å²) in [6.07, 6.45) is 1.59. The molecule has 3 rings (SSSR count). The Bertz CT molecular complexity index is 755. The van der Waals surface area contributed by atoms with E-state index < -0.39 is 0 Å². The number of benzene rings is 1. The molecule has 0 fully saturated rings. The molecule has 0 bridgehead atoms. The van der Waals surface area contributed by atoms with E-state index in [1.54, 1.807) is 30.1 Å². The number of nitrogens with one attached hydrogen (secondary N) is 1. The quantitative estimate of drug-likeness (QED) is 0.801. The summed E-state index contributed by atoms with van der Waals surface area (Å²) in [5, 5.41) is 7.05. The number of furan rings is 1. The third kappa shape index (κ3) is 2.72. The average molecular weight is 281 g/mol. The number of rotatable bonds is 3. The van der Waals surface area contributed by atoms with E-state index in [2.05, 4.69) is 10.4 Å². The SMILES string of the molecule is Cc1ccc(NC(=O)c2cc(-c3ccco3)n(C)n2)cc1. The summed E-state index contributed by atoms with van der Waals surface area (Å²) in [6.45, 7) is 2.00. The first kappa shape index (κ1) is 13.2. The predicted octanol–water partition coefficient (Wildman–Crippen LogP) is 3.24. The molecule has 0 spiro atoms. The minimum atomic E-state index is -0.243. The van der Waals surface area contributed by atoms with Gasteiger partial charge in [-0.25, -0.2) is 0 Å². The zero-order valence-electron chi connectivity index (χ0n) is 11.8. The van der Waals surface area contributed by atoms with Crippen molar-refractivity contribution in [2.24, 2.45) is 7.05 Å². The molecule has 5 nitrogen and oxygen atoms in total. The van der Waals surface area contributed by atoms with Crippen molar-refractivity contribution in [3.05, 3.63) is 60.0 Å². The van der Waals surface area contributed by atoms with Crippen molar-refractivity contribution < 1.29 is 9.21 Å². The molecule has 21 heavy (non-hydrogen) atoms. The largest absolute Gasteiger partial charge is 0.463 e. The van der Waals surface area contributed by atoms with Gasteiger partial charge in [-0.05, 0) is 31.2 Å². The highest BCUT2D eigenvalue weighted by molar-refractivity contribution is 6.03. The topological polar surface area (TPSA) is 60.1 Å². The van der Waals surface area contributed by atoms with Crippen LogP contribution in [0, 0.1) is 6.92 Å². The lowest BCUT2D eigenvalue weighted by Gasteiger charge is -2.02. The van der Waals surface area contributed by atoms with Gasteiger partial charge in [0.1, 0.15) is 5.69 Å². The zero-order valence-corrected chi connectivity index (χ0v) is 11.8. The molecular weight excluding hydrogens is 266 g/mol. The van der Waals surface area contributed by atoms with Gasteiger partial charge in [0.2, 0.25) is 0 Å². The first-order chi connectivity index (χ1) is 10.1. The van der Waals surface area contributed by atoms with E-state index in [4.69, 9.17) is 4.42 Å². The van der Waals surface area contributed by atoms with Crippen LogP contribution in [0.15, 0.2) is 53.1 Å². The molecule has 3 aromatic rings. The van der Waals surface area contributed by atoms with Crippen LogP contribution in [0.5, 0.6) is 0 Å². The first-order valence-corrected chi connectivity index (χ1v) is 6.59. The molecule has 2 aromatic heterocycles. The van der Waals surface area contributed by atoms with Crippen molar-refractivity contribution in [3.63, 3.8) is 0 Å². The Kier molecular flexibility index (Phi) is 3.31. The molecular formula is C16H15N3O2. The number of carbonyl (C=O) groups is 1. The molecule has 0 aliphatic carbocycles. The Morgan fingerprint density at radius 1 is 1.24 bits per heavy atom. The van der Waals surface area contributed by atoms with Crippen molar-refractivity contribution in [1.29, 1.82) is 0 Å². The lowest BCUT2D eigenvalue weighted by Crippen LogP contribution is -2.12. The summed E-state index contributed by atoms with van der Waals surface area (Å²) in [6, 6.07) is 13.0. The van der Waals surface area contributed by atoms with Crippen molar-refractivity contribution in [2.75, 3.05) is 5.32 Å². The first-order valence-electron chi connectivity index (χ1n) is 6.59. The standard InChI is InChI=1S/C16H15N3O2/c1-11-5-7-12(8-6-11)17-16(20)13-10-14(19(2)18-13)15-4-3-9-21-15/h3-10H,1-2H3,(H,17,20). The fourth-order valence-corrected chi connectivity index (χ4v) is 2.07. The highest BCUT2D eigenvalue weighted by atomic mass is 16.3. The van der Waals surface area contributed by atoms with Crippen LogP contribution in [-0.2, 0) is 7.05 Å². The summed E-state index contributed by atoms with van der Waals surface area (Å²) in [4.78, 5) is 12.2. The van der Waals surface area contributed by atoms with E-state index in [1.807, 2.05) is 37.3 Å². The third-order valence-corrected chi connectivity index (χ3v) is 3.20. The van der Waals surface area contributed by atoms with Gasteiger partial charge in [-0.2, -0.15) is 5.10 Å². The zero-order chi connectivity index (χ0) is 14.8. The molecule has 2 heterocycles. The number of hydrogen-bond donors (Lipinski definition) is 1. The van der Waals surface area contributed by atoms with Crippen molar-refractivity contribution >= 4 is 11.6 Å². The van der Waals surface area contributed by atoms with Crippen molar-refractivity contribution in [2.45, 2.75) is 6.92 Å². The summed E-state index contributed by atoms with van der Waals surface area (Å²) in [5.41, 5.74) is 3.00. The van der Waals surface area contributed by atoms with Gasteiger partial charge in [0.25, 0.3) is 5.91 Å². The van der Waals surface area contributed by atoms with E-state index in [9.17, 15) is 4.79 Å². The normalized spacial score (nSPS) is 10.6. The van der Waals surface area contributed by atoms with Crippen LogP contribution in [-0.4, -0.2) is 15.7 Å². The van der Waals surface area contributed by atoms with E-state index in [0.717, 1.165) is 16.9 Å². The number of nitrogens with zero attached hydrogens (tertiary/aromatic N) is 2. The number of hydrogen-bond acceptors (Lipinski definition) is 3. The second-order valence-electron chi connectivity index (χ2n) is 4.84. The lowest BCUT2D eigenvalue weighted by molar-refractivity contribution is 0.102. The van der Waals surface area contributed by atoms with Crippen molar-refractivity contribution in [3.8, 4) is 11.5 Å². The number of anilines is 1. The molecule has 0 aliphatic heterocycles. The second-order valence-corrected chi connectivity index (χ2v) is 4.84. The summed E-state index contributed by atoms with van der Waals surface area (Å²) in [7, 11) is 1.78. The number of aryl methyl sites for hydroxylation is 2. The van der Waals surface area contributed by atoms with Crippen LogP contribution >= 0.6 is 0 Å². The Balaban J connectivity index is 1.82. The molecule has 0 saturated heterocycles. The third-order valence-electron chi connectivity index (χ3n) is 3.20. The molecule has 0 saturated carbocycles. The summed E-state index contributed by atoms with van der Waals surface area (Å²) >= 11 is 0. The molecule has 0 aliphatic rings. The maximum absolute atomic E-state index is 12.2. The van der Waals surface area contributed by atoms with Gasteiger partial charge in [-0.3, -0.25) is 9.48 Å². The van der Waals surface area contributed by atoms with Gasteiger partial charge in [-0.1, -0.05) is 17.7 Å². The molecule has 1 amide bonds. The molecule has 0 atom stereocenters. The molecule has 0 unspecified atom stereocenters. The highest BCUT2D eigenvalue weighted by Gasteiger charge is 2.15. The van der Waals surface area contributed by atoms with Crippen LogP contribution in [0.4, 0.5) is 5.69 Å². The number of aromatic nitrogens is 2. The Morgan fingerprint density at radius 3 is 2.67 bits per heavy atom. The highest BCUT2D eigenvalue weighted by Crippen LogP contribution is 2.20. The van der Waals surface area contributed by atoms with E-state index in [0.29, 0.717) is 11.5 Å². The second kappa shape index (κ2) is 5.28. The van der Waals surface area contributed by atoms with Crippen LogP contribution in [0.25, 0.3) is 11.5 Å². The van der Waals surface area contributed by atoms with Gasteiger partial charge in [0.05, 0.1) is 6.26 Å². The molecule has 1 aromatic carbocycles.